The van der Waals surface area contributed by atoms with E-state index in [1.807, 2.05) is 32.8 Å². The van der Waals surface area contributed by atoms with E-state index < -0.39 is 10.0 Å². The summed E-state index contributed by atoms with van der Waals surface area (Å²) in [6.45, 7) is 4.87. The Morgan fingerprint density at radius 1 is 1.32 bits per heavy atom. The van der Waals surface area contributed by atoms with Crippen molar-refractivity contribution in [1.29, 1.82) is 0 Å². The van der Waals surface area contributed by atoms with E-state index in [9.17, 15) is 8.42 Å². The molecule has 0 heterocycles. The third-order valence-electron chi connectivity index (χ3n) is 2.90. The Kier molecular flexibility index (Phi) is 5.34. The quantitative estimate of drug-likeness (QED) is 0.798. The van der Waals surface area contributed by atoms with Crippen molar-refractivity contribution in [2.45, 2.75) is 24.8 Å². The molecule has 2 N–H and O–H groups in total. The maximum absolute atomic E-state index is 12.6. The summed E-state index contributed by atoms with van der Waals surface area (Å²) in [5.41, 5.74) is 6.12. The van der Waals surface area contributed by atoms with Gasteiger partial charge in [-0.15, -0.1) is 0 Å². The number of likely N-dealkylation sites (N-methyl/N-ethyl adjacent to an activating group) is 2. The molecule has 5 nitrogen and oxygen atoms in total. The third-order valence-corrected chi connectivity index (χ3v) is 4.98. The van der Waals surface area contributed by atoms with Crippen LogP contribution in [0.3, 0.4) is 0 Å². The summed E-state index contributed by atoms with van der Waals surface area (Å²) in [5, 5.41) is 0. The Balaban J connectivity index is 3.09. The summed E-state index contributed by atoms with van der Waals surface area (Å²) in [4.78, 5) is 2.22. The number of nitrogen functional groups attached to an aromatic ring is 1. The maximum Gasteiger partial charge on any atom is 0.243 e. The van der Waals surface area contributed by atoms with Gasteiger partial charge in [0.15, 0.2) is 0 Å². The van der Waals surface area contributed by atoms with Crippen LogP contribution < -0.4 is 5.73 Å². The van der Waals surface area contributed by atoms with Gasteiger partial charge >= 0.3 is 0 Å². The molecule has 0 aromatic heterocycles. The predicted octanol–water partition coefficient (Wildman–Crippen LogP) is 1.23. The number of hydrogen-bond donors (Lipinski definition) is 1. The van der Waals surface area contributed by atoms with Gasteiger partial charge in [-0.2, -0.15) is 4.31 Å². The first-order chi connectivity index (χ1) is 8.78. The van der Waals surface area contributed by atoms with Crippen LogP contribution >= 0.6 is 0 Å². The second-order valence-electron chi connectivity index (χ2n) is 4.89. The van der Waals surface area contributed by atoms with Crippen molar-refractivity contribution >= 4 is 15.7 Å². The van der Waals surface area contributed by atoms with E-state index in [1.54, 1.807) is 18.2 Å². The summed E-state index contributed by atoms with van der Waals surface area (Å²) in [6, 6.07) is 6.33. The van der Waals surface area contributed by atoms with Crippen molar-refractivity contribution in [2.75, 3.05) is 32.9 Å². The van der Waals surface area contributed by atoms with Gasteiger partial charge < -0.3 is 10.6 Å². The van der Waals surface area contributed by atoms with Crippen LogP contribution in [-0.2, 0) is 10.0 Å². The summed E-state index contributed by atoms with van der Waals surface area (Å²) >= 11 is 0. The molecular weight excluding hydrogens is 262 g/mol. The van der Waals surface area contributed by atoms with Gasteiger partial charge in [0.05, 0.1) is 4.90 Å². The van der Waals surface area contributed by atoms with E-state index in [0.29, 0.717) is 18.8 Å². The van der Waals surface area contributed by atoms with Crippen LogP contribution in [0.25, 0.3) is 0 Å². The minimum atomic E-state index is -3.49. The molecule has 0 saturated carbocycles. The van der Waals surface area contributed by atoms with Crippen LogP contribution in [0.1, 0.15) is 13.8 Å². The average molecular weight is 285 g/mol. The van der Waals surface area contributed by atoms with Crippen LogP contribution in [0, 0.1) is 0 Å². The molecule has 0 spiro atoms. The van der Waals surface area contributed by atoms with E-state index in [1.165, 1.54) is 10.4 Å². The smallest absolute Gasteiger partial charge is 0.243 e. The van der Waals surface area contributed by atoms with Gasteiger partial charge in [0.25, 0.3) is 0 Å². The molecule has 1 aromatic carbocycles. The molecule has 6 heteroatoms. The lowest BCUT2D eigenvalue weighted by Gasteiger charge is -2.29. The highest BCUT2D eigenvalue weighted by molar-refractivity contribution is 7.89. The molecule has 0 aliphatic heterocycles. The SMILES string of the molecule is CCN(C(C)CN(C)C)S(=O)(=O)c1cccc(N)c1. The summed E-state index contributed by atoms with van der Waals surface area (Å²) in [6.07, 6.45) is 0. The molecule has 0 radical (unpaired) electrons. The van der Waals surface area contributed by atoms with E-state index in [0.717, 1.165) is 0 Å². The van der Waals surface area contributed by atoms with Crippen LogP contribution in [-0.4, -0.2) is 50.8 Å². The normalized spacial score (nSPS) is 14.0. The van der Waals surface area contributed by atoms with Crippen molar-refractivity contribution < 1.29 is 8.42 Å². The van der Waals surface area contributed by atoms with E-state index in [-0.39, 0.29) is 10.9 Å². The first-order valence-corrected chi connectivity index (χ1v) is 7.75. The molecule has 1 rings (SSSR count). The number of sulfonamides is 1. The van der Waals surface area contributed by atoms with Gasteiger partial charge in [-0.05, 0) is 39.2 Å². The molecule has 1 aromatic rings. The number of anilines is 1. The van der Waals surface area contributed by atoms with Crippen LogP contribution in [0.2, 0.25) is 0 Å². The zero-order valence-electron chi connectivity index (χ0n) is 12.0. The molecule has 108 valence electrons. The summed E-state index contributed by atoms with van der Waals surface area (Å²) < 4.78 is 26.7. The molecule has 0 bridgehead atoms. The standard InChI is InChI=1S/C13H23N3O2S/c1-5-16(11(2)10-15(3)4)19(17,18)13-8-6-7-12(14)9-13/h6-9,11H,5,10,14H2,1-4H3. The lowest BCUT2D eigenvalue weighted by atomic mass is 10.3. The van der Waals surface area contributed by atoms with Gasteiger partial charge in [-0.25, -0.2) is 8.42 Å². The molecule has 0 amide bonds. The number of benzene rings is 1. The number of hydrogen-bond acceptors (Lipinski definition) is 4. The van der Waals surface area contributed by atoms with Crippen molar-refractivity contribution in [3.8, 4) is 0 Å². The molecule has 0 saturated heterocycles. The molecule has 1 atom stereocenters. The van der Waals surface area contributed by atoms with Crippen molar-refractivity contribution in [1.82, 2.24) is 9.21 Å². The average Bonchev–Trinajstić information content (AvgIpc) is 2.28. The zero-order chi connectivity index (χ0) is 14.6. The van der Waals surface area contributed by atoms with E-state index in [4.69, 9.17) is 5.73 Å². The van der Waals surface area contributed by atoms with Gasteiger partial charge in [0.2, 0.25) is 10.0 Å². The second-order valence-corrected chi connectivity index (χ2v) is 6.78. The summed E-state index contributed by atoms with van der Waals surface area (Å²) in [7, 11) is 0.364. The minimum Gasteiger partial charge on any atom is -0.399 e. The topological polar surface area (TPSA) is 66.6 Å². The highest BCUT2D eigenvalue weighted by Gasteiger charge is 2.27. The zero-order valence-corrected chi connectivity index (χ0v) is 12.8. The molecule has 1 unspecified atom stereocenters. The first kappa shape index (κ1) is 15.9. The number of nitrogens with zero attached hydrogens (tertiary/aromatic N) is 2. The van der Waals surface area contributed by atoms with Gasteiger partial charge in [0.1, 0.15) is 0 Å². The second kappa shape index (κ2) is 6.36. The van der Waals surface area contributed by atoms with Crippen LogP contribution in [0.15, 0.2) is 29.2 Å². The Labute approximate surface area is 116 Å². The fourth-order valence-electron chi connectivity index (χ4n) is 2.15. The first-order valence-electron chi connectivity index (χ1n) is 6.31. The Morgan fingerprint density at radius 2 is 1.95 bits per heavy atom. The van der Waals surface area contributed by atoms with Gasteiger partial charge in [-0.1, -0.05) is 13.0 Å². The Morgan fingerprint density at radius 3 is 2.42 bits per heavy atom. The minimum absolute atomic E-state index is 0.0913. The van der Waals surface area contributed by atoms with Crippen molar-refractivity contribution in [3.63, 3.8) is 0 Å². The third kappa shape index (κ3) is 3.92. The van der Waals surface area contributed by atoms with Gasteiger partial charge in [-0.3, -0.25) is 0 Å². The molecular formula is C13H23N3O2S. The molecule has 0 aliphatic carbocycles. The van der Waals surface area contributed by atoms with Crippen LogP contribution in [0.5, 0.6) is 0 Å². The molecule has 0 fully saturated rings. The summed E-state index contributed by atoms with van der Waals surface area (Å²) in [5.74, 6) is 0. The highest BCUT2D eigenvalue weighted by atomic mass is 32.2. The predicted molar refractivity (Wildman–Crippen MR) is 78.4 cm³/mol. The van der Waals surface area contributed by atoms with E-state index >= 15 is 0 Å². The largest absolute Gasteiger partial charge is 0.399 e. The maximum atomic E-state index is 12.6. The molecule has 19 heavy (non-hydrogen) atoms. The lowest BCUT2D eigenvalue weighted by Crippen LogP contribution is -2.43. The Hall–Kier alpha value is -1.11. The van der Waals surface area contributed by atoms with Gasteiger partial charge in [0, 0.05) is 24.8 Å². The van der Waals surface area contributed by atoms with E-state index in [2.05, 4.69) is 0 Å². The fraction of sp³-hybridized carbons (Fsp3) is 0.538. The lowest BCUT2D eigenvalue weighted by molar-refractivity contribution is 0.271. The molecule has 0 aliphatic rings. The number of nitrogens with two attached hydrogens (primary N) is 1. The monoisotopic (exact) mass is 285 g/mol. The Bertz CT molecular complexity index is 514. The fourth-order valence-corrected chi connectivity index (χ4v) is 3.84. The van der Waals surface area contributed by atoms with Crippen molar-refractivity contribution in [2.24, 2.45) is 0 Å². The van der Waals surface area contributed by atoms with Crippen LogP contribution in [0.4, 0.5) is 5.69 Å². The van der Waals surface area contributed by atoms with Crippen molar-refractivity contribution in [3.05, 3.63) is 24.3 Å². The highest BCUT2D eigenvalue weighted by Crippen LogP contribution is 2.20. The number of rotatable bonds is 6.